The quantitative estimate of drug-likeness (QED) is 0.495. The first-order chi connectivity index (χ1) is 10.1. The van der Waals surface area contributed by atoms with Crippen molar-refractivity contribution in [2.75, 3.05) is 12.3 Å². The number of hydrogen-bond donors (Lipinski definition) is 2. The van der Waals surface area contributed by atoms with Crippen molar-refractivity contribution in [3.63, 3.8) is 0 Å². The number of benzene rings is 1. The summed E-state index contributed by atoms with van der Waals surface area (Å²) < 4.78 is 0. The van der Waals surface area contributed by atoms with E-state index < -0.39 is 4.92 Å². The molecule has 0 atom stereocenters. The molecule has 1 saturated carbocycles. The zero-order chi connectivity index (χ0) is 15.2. The third-order valence-electron chi connectivity index (χ3n) is 4.06. The molecule has 0 radical (unpaired) electrons. The molecule has 0 unspecified atom stereocenters. The van der Waals surface area contributed by atoms with Crippen molar-refractivity contribution in [2.45, 2.75) is 38.5 Å². The van der Waals surface area contributed by atoms with Crippen molar-refractivity contribution < 1.29 is 9.72 Å². The van der Waals surface area contributed by atoms with Gasteiger partial charge in [-0.25, -0.2) is 0 Å². The molecule has 1 aliphatic carbocycles. The second-order valence-corrected chi connectivity index (χ2v) is 5.58. The van der Waals surface area contributed by atoms with Gasteiger partial charge >= 0.3 is 0 Å². The van der Waals surface area contributed by atoms with E-state index in [1.54, 1.807) is 0 Å². The molecule has 0 heterocycles. The molecule has 0 bridgehead atoms. The highest BCUT2D eigenvalue weighted by atomic mass is 16.6. The van der Waals surface area contributed by atoms with E-state index in [-0.39, 0.29) is 22.8 Å². The van der Waals surface area contributed by atoms with E-state index in [1.807, 2.05) is 0 Å². The molecule has 21 heavy (non-hydrogen) atoms. The van der Waals surface area contributed by atoms with Gasteiger partial charge in [-0.1, -0.05) is 32.1 Å². The fourth-order valence-electron chi connectivity index (χ4n) is 2.82. The molecule has 0 aliphatic heterocycles. The number of nitrogen functional groups attached to an aromatic ring is 1. The number of anilines is 1. The Bertz CT molecular complexity index is 525. The number of amides is 1. The minimum absolute atomic E-state index is 0.123. The third kappa shape index (κ3) is 4.18. The number of hydrogen-bond acceptors (Lipinski definition) is 4. The lowest BCUT2D eigenvalue weighted by Gasteiger charge is -2.21. The zero-order valence-electron chi connectivity index (χ0n) is 12.0. The largest absolute Gasteiger partial charge is 0.398 e. The average Bonchev–Trinajstić information content (AvgIpc) is 2.48. The second kappa shape index (κ2) is 7.06. The summed E-state index contributed by atoms with van der Waals surface area (Å²) in [6.45, 7) is 0.589. The summed E-state index contributed by atoms with van der Waals surface area (Å²) in [5.41, 5.74) is 6.03. The van der Waals surface area contributed by atoms with Crippen LogP contribution in [0.15, 0.2) is 18.2 Å². The maximum Gasteiger partial charge on any atom is 0.270 e. The van der Waals surface area contributed by atoms with Crippen molar-refractivity contribution >= 4 is 17.3 Å². The predicted octanol–water partition coefficient (Wildman–Crippen LogP) is 2.88. The molecular formula is C15H21N3O3. The Kier molecular flexibility index (Phi) is 5.14. The normalized spacial score (nSPS) is 15.6. The van der Waals surface area contributed by atoms with Crippen molar-refractivity contribution in [3.05, 3.63) is 33.9 Å². The van der Waals surface area contributed by atoms with Gasteiger partial charge in [0.1, 0.15) is 0 Å². The van der Waals surface area contributed by atoms with Gasteiger partial charge in [-0.2, -0.15) is 0 Å². The first-order valence-electron chi connectivity index (χ1n) is 7.40. The third-order valence-corrected chi connectivity index (χ3v) is 4.06. The number of nitro groups is 1. The summed E-state index contributed by atoms with van der Waals surface area (Å²) in [4.78, 5) is 22.3. The topological polar surface area (TPSA) is 98.3 Å². The maximum absolute atomic E-state index is 12.1. The number of carbonyl (C=O) groups excluding carboxylic acids is 1. The Morgan fingerprint density at radius 1 is 1.33 bits per heavy atom. The summed E-state index contributed by atoms with van der Waals surface area (Å²) >= 11 is 0. The number of rotatable bonds is 5. The van der Waals surface area contributed by atoms with E-state index in [1.165, 1.54) is 50.3 Å². The Morgan fingerprint density at radius 3 is 2.71 bits per heavy atom. The molecule has 6 nitrogen and oxygen atoms in total. The molecule has 2 rings (SSSR count). The summed E-state index contributed by atoms with van der Waals surface area (Å²) in [5, 5.41) is 13.6. The van der Waals surface area contributed by atoms with Gasteiger partial charge in [0.2, 0.25) is 0 Å². The summed E-state index contributed by atoms with van der Waals surface area (Å²) in [6, 6.07) is 3.92. The average molecular weight is 291 g/mol. The lowest BCUT2D eigenvalue weighted by atomic mass is 9.87. The van der Waals surface area contributed by atoms with Gasteiger partial charge in [0, 0.05) is 24.4 Å². The van der Waals surface area contributed by atoms with Crippen molar-refractivity contribution in [1.82, 2.24) is 5.32 Å². The van der Waals surface area contributed by atoms with Crippen LogP contribution in [-0.4, -0.2) is 17.4 Å². The molecular weight excluding hydrogens is 270 g/mol. The van der Waals surface area contributed by atoms with E-state index in [9.17, 15) is 14.9 Å². The van der Waals surface area contributed by atoms with Crippen LogP contribution in [0.3, 0.4) is 0 Å². The smallest absolute Gasteiger partial charge is 0.270 e. The number of nitrogens with zero attached hydrogens (tertiary/aromatic N) is 1. The van der Waals surface area contributed by atoms with Crippen LogP contribution in [0.25, 0.3) is 0 Å². The number of non-ortho nitro benzene ring substituents is 1. The van der Waals surface area contributed by atoms with Gasteiger partial charge < -0.3 is 11.1 Å². The minimum atomic E-state index is -0.530. The molecule has 1 aliphatic rings. The van der Waals surface area contributed by atoms with E-state index >= 15 is 0 Å². The fraction of sp³-hybridized carbons (Fsp3) is 0.533. The minimum Gasteiger partial charge on any atom is -0.398 e. The van der Waals surface area contributed by atoms with Crippen LogP contribution in [0.4, 0.5) is 11.4 Å². The van der Waals surface area contributed by atoms with Gasteiger partial charge in [-0.05, 0) is 18.4 Å². The number of nitrogens with one attached hydrogen (secondary N) is 1. The second-order valence-electron chi connectivity index (χ2n) is 5.58. The van der Waals surface area contributed by atoms with E-state index in [2.05, 4.69) is 5.32 Å². The van der Waals surface area contributed by atoms with E-state index in [0.717, 1.165) is 6.42 Å². The number of nitrogens with two attached hydrogens (primary N) is 1. The molecule has 1 aromatic carbocycles. The molecule has 1 amide bonds. The van der Waals surface area contributed by atoms with Crippen LogP contribution in [0.5, 0.6) is 0 Å². The highest BCUT2D eigenvalue weighted by molar-refractivity contribution is 5.99. The van der Waals surface area contributed by atoms with Crippen molar-refractivity contribution in [3.8, 4) is 0 Å². The van der Waals surface area contributed by atoms with Gasteiger partial charge in [0.15, 0.2) is 0 Å². The Balaban J connectivity index is 1.90. The molecule has 3 N–H and O–H groups in total. The number of nitro benzene ring substituents is 1. The van der Waals surface area contributed by atoms with Crippen molar-refractivity contribution in [1.29, 1.82) is 0 Å². The first-order valence-corrected chi connectivity index (χ1v) is 7.40. The van der Waals surface area contributed by atoms with E-state index in [4.69, 9.17) is 5.73 Å². The van der Waals surface area contributed by atoms with Crippen LogP contribution in [0.2, 0.25) is 0 Å². The summed E-state index contributed by atoms with van der Waals surface area (Å²) in [7, 11) is 0. The standard InChI is InChI=1S/C15H21N3O3/c16-14-7-6-12(18(20)21)10-13(14)15(19)17-9-8-11-4-2-1-3-5-11/h6-7,10-11H,1-5,8-9,16H2,(H,17,19). The lowest BCUT2D eigenvalue weighted by molar-refractivity contribution is -0.384. The molecule has 0 aromatic heterocycles. The molecule has 0 saturated heterocycles. The molecule has 1 aromatic rings. The highest BCUT2D eigenvalue weighted by Crippen LogP contribution is 2.26. The zero-order valence-corrected chi connectivity index (χ0v) is 12.0. The first kappa shape index (κ1) is 15.3. The van der Waals surface area contributed by atoms with Gasteiger partial charge in [0.25, 0.3) is 11.6 Å². The summed E-state index contributed by atoms with van der Waals surface area (Å²) in [6.07, 6.45) is 7.28. The SMILES string of the molecule is Nc1ccc([N+](=O)[O-])cc1C(=O)NCCC1CCCCC1. The van der Waals surface area contributed by atoms with Crippen LogP contribution in [-0.2, 0) is 0 Å². The van der Waals surface area contributed by atoms with Gasteiger partial charge in [-0.15, -0.1) is 0 Å². The van der Waals surface area contributed by atoms with Crippen LogP contribution in [0, 0.1) is 16.0 Å². The Hall–Kier alpha value is -2.11. The maximum atomic E-state index is 12.1. The Labute approximate surface area is 123 Å². The molecule has 6 heteroatoms. The molecule has 0 spiro atoms. The van der Waals surface area contributed by atoms with Crippen molar-refractivity contribution in [2.24, 2.45) is 5.92 Å². The van der Waals surface area contributed by atoms with Crippen LogP contribution in [0.1, 0.15) is 48.9 Å². The highest BCUT2D eigenvalue weighted by Gasteiger charge is 2.16. The van der Waals surface area contributed by atoms with Gasteiger partial charge in [0.05, 0.1) is 10.5 Å². The Morgan fingerprint density at radius 2 is 2.05 bits per heavy atom. The predicted molar refractivity (Wildman–Crippen MR) is 81.0 cm³/mol. The van der Waals surface area contributed by atoms with E-state index in [0.29, 0.717) is 12.5 Å². The van der Waals surface area contributed by atoms with Gasteiger partial charge in [-0.3, -0.25) is 14.9 Å². The van der Waals surface area contributed by atoms with Crippen LogP contribution < -0.4 is 11.1 Å². The number of carbonyl (C=O) groups is 1. The lowest BCUT2D eigenvalue weighted by Crippen LogP contribution is -2.27. The monoisotopic (exact) mass is 291 g/mol. The fourth-order valence-corrected chi connectivity index (χ4v) is 2.82. The summed E-state index contributed by atoms with van der Waals surface area (Å²) in [5.74, 6) is 0.341. The molecule has 1 fully saturated rings. The molecule has 114 valence electrons. The van der Waals surface area contributed by atoms with Crippen LogP contribution >= 0.6 is 0 Å².